The van der Waals surface area contributed by atoms with E-state index in [9.17, 15) is 14.0 Å². The molecule has 1 amide bonds. The van der Waals surface area contributed by atoms with Crippen molar-refractivity contribution in [1.82, 2.24) is 4.90 Å². The molecule has 3 aliphatic rings. The van der Waals surface area contributed by atoms with E-state index >= 15 is 0 Å². The van der Waals surface area contributed by atoms with Crippen molar-refractivity contribution in [3.05, 3.63) is 12.3 Å². The molecule has 116 valence electrons. The van der Waals surface area contributed by atoms with Crippen LogP contribution in [0.3, 0.4) is 0 Å². The van der Waals surface area contributed by atoms with Gasteiger partial charge in [-0.05, 0) is 19.9 Å². The van der Waals surface area contributed by atoms with E-state index in [2.05, 4.69) is 0 Å². The SMILES string of the molecule is CC1(C)O[C@H]2[C@H](N3C=CC(=O)CC3=O)O[C@](F)(CI)[C@H]2O1. The predicted octanol–water partition coefficient (Wildman–Crippen LogP) is 1.28. The molecule has 4 atom stereocenters. The first kappa shape index (κ1) is 15.3. The van der Waals surface area contributed by atoms with Crippen molar-refractivity contribution in [1.29, 1.82) is 0 Å². The second-order valence-corrected chi connectivity index (χ2v) is 6.47. The molecule has 2 saturated heterocycles. The molecule has 21 heavy (non-hydrogen) atoms. The fraction of sp³-hybridized carbons (Fsp3) is 0.692. The summed E-state index contributed by atoms with van der Waals surface area (Å²) in [7, 11) is 0. The molecule has 0 unspecified atom stereocenters. The summed E-state index contributed by atoms with van der Waals surface area (Å²) in [6.07, 6.45) is -0.225. The number of ketones is 1. The molecule has 0 N–H and O–H groups in total. The Bertz CT molecular complexity index is 525. The van der Waals surface area contributed by atoms with Crippen LogP contribution in [0.5, 0.6) is 0 Å². The van der Waals surface area contributed by atoms with Crippen molar-refractivity contribution in [3.8, 4) is 0 Å². The Morgan fingerprint density at radius 1 is 1.38 bits per heavy atom. The van der Waals surface area contributed by atoms with Crippen LogP contribution in [-0.2, 0) is 23.8 Å². The molecule has 6 nitrogen and oxygen atoms in total. The molecule has 8 heteroatoms. The molecule has 2 fully saturated rings. The van der Waals surface area contributed by atoms with Crippen LogP contribution in [0.4, 0.5) is 4.39 Å². The van der Waals surface area contributed by atoms with Gasteiger partial charge in [-0.1, -0.05) is 22.6 Å². The molecule has 3 rings (SSSR count). The van der Waals surface area contributed by atoms with Crippen LogP contribution >= 0.6 is 22.6 Å². The number of carbonyl (C=O) groups is 2. The minimum atomic E-state index is -2.03. The molecular weight excluding hydrogens is 396 g/mol. The highest BCUT2D eigenvalue weighted by molar-refractivity contribution is 14.1. The zero-order chi connectivity index (χ0) is 15.4. The van der Waals surface area contributed by atoms with Gasteiger partial charge in [-0.3, -0.25) is 14.5 Å². The fourth-order valence-electron chi connectivity index (χ4n) is 2.76. The number of ether oxygens (including phenoxy) is 3. The van der Waals surface area contributed by atoms with E-state index in [4.69, 9.17) is 14.2 Å². The van der Waals surface area contributed by atoms with Crippen molar-refractivity contribution >= 4 is 34.3 Å². The Hall–Kier alpha value is -0.580. The Morgan fingerprint density at radius 3 is 2.71 bits per heavy atom. The van der Waals surface area contributed by atoms with E-state index in [1.165, 1.54) is 17.2 Å². The van der Waals surface area contributed by atoms with Crippen molar-refractivity contribution in [2.75, 3.05) is 4.43 Å². The van der Waals surface area contributed by atoms with E-state index in [-0.39, 0.29) is 16.6 Å². The average molecular weight is 411 g/mol. The second kappa shape index (κ2) is 4.97. The molecule has 0 aliphatic carbocycles. The lowest BCUT2D eigenvalue weighted by Gasteiger charge is -2.32. The molecule has 0 aromatic rings. The van der Waals surface area contributed by atoms with Gasteiger partial charge in [-0.15, -0.1) is 0 Å². The Labute approximate surface area is 134 Å². The molecule has 3 aliphatic heterocycles. The normalized spacial score (nSPS) is 41.7. The second-order valence-electron chi connectivity index (χ2n) is 5.71. The molecule has 0 spiro atoms. The quantitative estimate of drug-likeness (QED) is 0.389. The van der Waals surface area contributed by atoms with Crippen molar-refractivity contribution in [3.63, 3.8) is 0 Å². The third kappa shape index (κ3) is 2.51. The van der Waals surface area contributed by atoms with Crippen molar-refractivity contribution < 1.29 is 28.2 Å². The van der Waals surface area contributed by atoms with Crippen LogP contribution in [0.25, 0.3) is 0 Å². The largest absolute Gasteiger partial charge is 0.340 e. The van der Waals surface area contributed by atoms with Gasteiger partial charge in [-0.25, -0.2) is 4.39 Å². The fourth-order valence-corrected chi connectivity index (χ4v) is 3.38. The van der Waals surface area contributed by atoms with Gasteiger partial charge in [0.15, 0.2) is 23.9 Å². The zero-order valence-electron chi connectivity index (χ0n) is 11.5. The predicted molar refractivity (Wildman–Crippen MR) is 77.0 cm³/mol. The van der Waals surface area contributed by atoms with E-state index in [0.29, 0.717) is 0 Å². The van der Waals surface area contributed by atoms with Crippen molar-refractivity contribution in [2.24, 2.45) is 0 Å². The van der Waals surface area contributed by atoms with Crippen LogP contribution in [0.2, 0.25) is 0 Å². The summed E-state index contributed by atoms with van der Waals surface area (Å²) in [5.41, 5.74) is 0. The average Bonchev–Trinajstić information content (AvgIpc) is 2.84. The topological polar surface area (TPSA) is 65.1 Å². The highest BCUT2D eigenvalue weighted by Crippen LogP contribution is 2.46. The minimum Gasteiger partial charge on any atom is -0.340 e. The number of amides is 1. The lowest BCUT2D eigenvalue weighted by Crippen LogP contribution is -2.46. The van der Waals surface area contributed by atoms with Gasteiger partial charge in [0.25, 0.3) is 0 Å². The van der Waals surface area contributed by atoms with Crippen LogP contribution in [0.15, 0.2) is 12.3 Å². The van der Waals surface area contributed by atoms with Gasteiger partial charge < -0.3 is 14.2 Å². The van der Waals surface area contributed by atoms with Crippen molar-refractivity contribution in [2.45, 2.75) is 50.3 Å². The minimum absolute atomic E-state index is 0.0482. The van der Waals surface area contributed by atoms with E-state index < -0.39 is 36.0 Å². The van der Waals surface area contributed by atoms with Gasteiger partial charge in [0.05, 0.1) is 10.8 Å². The number of rotatable bonds is 2. The standard InChI is InChI=1S/C13H15FINO5/c1-12(2)19-9-10(20-12)13(14,6-15)21-11(9)16-4-3-7(17)5-8(16)18/h3-4,9-11H,5-6H2,1-2H3/t9-,10+,11-,13-/m1/s1. The Morgan fingerprint density at radius 2 is 2.10 bits per heavy atom. The Balaban J connectivity index is 1.91. The number of nitrogens with zero attached hydrogens (tertiary/aromatic N) is 1. The molecule has 0 bridgehead atoms. The molecule has 0 saturated carbocycles. The van der Waals surface area contributed by atoms with Gasteiger partial charge >= 0.3 is 0 Å². The van der Waals surface area contributed by atoms with Crippen LogP contribution in [0, 0.1) is 0 Å². The lowest BCUT2D eigenvalue weighted by molar-refractivity contribution is -0.249. The number of fused-ring (bicyclic) bond motifs is 1. The Kier molecular flexibility index (Phi) is 3.62. The highest BCUT2D eigenvalue weighted by atomic mass is 127. The number of hydrogen-bond donors (Lipinski definition) is 0. The third-order valence-corrected chi connectivity index (χ3v) is 4.68. The maximum absolute atomic E-state index is 14.9. The van der Waals surface area contributed by atoms with Gasteiger partial charge in [0.2, 0.25) is 11.8 Å². The number of alkyl halides is 2. The highest BCUT2D eigenvalue weighted by Gasteiger charge is 2.65. The van der Waals surface area contributed by atoms with E-state index in [1.807, 2.05) is 22.6 Å². The number of halogens is 2. The maximum atomic E-state index is 14.9. The van der Waals surface area contributed by atoms with Crippen LogP contribution < -0.4 is 0 Å². The number of hydrogen-bond acceptors (Lipinski definition) is 5. The molecule has 3 heterocycles. The summed E-state index contributed by atoms with van der Waals surface area (Å²) in [6.45, 7) is 3.38. The molecule has 0 radical (unpaired) electrons. The first-order valence-electron chi connectivity index (χ1n) is 6.56. The zero-order valence-corrected chi connectivity index (χ0v) is 13.7. The molecular formula is C13H15FINO5. The monoisotopic (exact) mass is 411 g/mol. The van der Waals surface area contributed by atoms with Crippen LogP contribution in [0.1, 0.15) is 20.3 Å². The van der Waals surface area contributed by atoms with E-state index in [1.54, 1.807) is 13.8 Å². The van der Waals surface area contributed by atoms with Crippen LogP contribution in [-0.4, -0.2) is 51.1 Å². The van der Waals surface area contributed by atoms with E-state index in [0.717, 1.165) is 0 Å². The van der Waals surface area contributed by atoms with Gasteiger partial charge in [0, 0.05) is 6.20 Å². The summed E-state index contributed by atoms with van der Waals surface area (Å²) in [6, 6.07) is 0. The smallest absolute Gasteiger partial charge is 0.249 e. The molecule has 0 aromatic carbocycles. The summed E-state index contributed by atoms with van der Waals surface area (Å²) in [5.74, 6) is -3.69. The summed E-state index contributed by atoms with van der Waals surface area (Å²) in [5, 5.41) is 0. The summed E-state index contributed by atoms with van der Waals surface area (Å²) < 4.78 is 31.7. The van der Waals surface area contributed by atoms with Gasteiger partial charge in [0.1, 0.15) is 6.10 Å². The molecule has 0 aromatic heterocycles. The number of carbonyl (C=O) groups excluding carboxylic acids is 2. The maximum Gasteiger partial charge on any atom is 0.249 e. The first-order valence-corrected chi connectivity index (χ1v) is 8.09. The lowest BCUT2D eigenvalue weighted by atomic mass is 10.1. The summed E-state index contributed by atoms with van der Waals surface area (Å²) in [4.78, 5) is 24.5. The first-order chi connectivity index (χ1) is 9.76. The van der Waals surface area contributed by atoms with Gasteiger partial charge in [-0.2, -0.15) is 0 Å². The third-order valence-electron chi connectivity index (χ3n) is 3.64. The summed E-state index contributed by atoms with van der Waals surface area (Å²) >= 11 is 1.87. The number of allylic oxidation sites excluding steroid dienone is 1.